The third kappa shape index (κ3) is 2.43. The molecule has 0 radical (unpaired) electrons. The molecule has 108 valence electrons. The van der Waals surface area contributed by atoms with Gasteiger partial charge in [0.15, 0.2) is 4.60 Å². The zero-order valence-corrected chi connectivity index (χ0v) is 13.9. The van der Waals surface area contributed by atoms with Crippen LogP contribution < -0.4 is 4.72 Å². The summed E-state index contributed by atoms with van der Waals surface area (Å²) in [7, 11) is -2.09. The molecule has 6 nitrogen and oxygen atoms in total. The molecule has 20 heavy (non-hydrogen) atoms. The Bertz CT molecular complexity index is 718. The van der Waals surface area contributed by atoms with Gasteiger partial charge in [0, 0.05) is 18.0 Å². The van der Waals surface area contributed by atoms with Crippen molar-refractivity contribution in [1.29, 1.82) is 0 Å². The van der Waals surface area contributed by atoms with E-state index < -0.39 is 10.0 Å². The maximum atomic E-state index is 12.5. The highest BCUT2D eigenvalue weighted by Gasteiger charge is 2.30. The first-order valence-corrected chi connectivity index (χ1v) is 9.28. The molecule has 9 heteroatoms. The number of hydrogen-bond acceptors (Lipinski definition) is 5. The van der Waals surface area contributed by atoms with E-state index in [-0.39, 0.29) is 15.7 Å². The summed E-state index contributed by atoms with van der Waals surface area (Å²) in [5.41, 5.74) is 1.09. The van der Waals surface area contributed by atoms with Crippen LogP contribution in [0.2, 0.25) is 0 Å². The van der Waals surface area contributed by atoms with Gasteiger partial charge in [0.25, 0.3) is 10.0 Å². The SMILES string of the molecule is Cn1nnc(Br)c1S(=O)(=O)NC1CCCc2sccc21. The number of nitrogens with one attached hydrogen (secondary N) is 1. The minimum atomic E-state index is -3.65. The molecule has 0 amide bonds. The van der Waals surface area contributed by atoms with Crippen LogP contribution in [0.25, 0.3) is 0 Å². The van der Waals surface area contributed by atoms with Gasteiger partial charge in [-0.05, 0) is 52.2 Å². The highest BCUT2D eigenvalue weighted by atomic mass is 79.9. The van der Waals surface area contributed by atoms with E-state index in [0.29, 0.717) is 0 Å². The number of nitrogens with zero attached hydrogens (tertiary/aromatic N) is 3. The summed E-state index contributed by atoms with van der Waals surface area (Å²) in [5.74, 6) is 0. The lowest BCUT2D eigenvalue weighted by Crippen LogP contribution is -2.31. The molecule has 2 aromatic rings. The van der Waals surface area contributed by atoms with Crippen LogP contribution >= 0.6 is 27.3 Å². The molecular formula is C11H13BrN4O2S2. The zero-order valence-electron chi connectivity index (χ0n) is 10.7. The van der Waals surface area contributed by atoms with Crippen LogP contribution in [0.3, 0.4) is 0 Å². The quantitative estimate of drug-likeness (QED) is 0.888. The molecule has 1 atom stereocenters. The molecular weight excluding hydrogens is 364 g/mol. The van der Waals surface area contributed by atoms with Gasteiger partial charge in [-0.2, -0.15) is 0 Å². The van der Waals surface area contributed by atoms with Gasteiger partial charge in [0.2, 0.25) is 5.03 Å². The van der Waals surface area contributed by atoms with Gasteiger partial charge in [0.1, 0.15) is 0 Å². The van der Waals surface area contributed by atoms with Crippen molar-refractivity contribution in [3.63, 3.8) is 0 Å². The average molecular weight is 377 g/mol. The zero-order chi connectivity index (χ0) is 14.3. The Hall–Kier alpha value is -0.770. The summed E-state index contributed by atoms with van der Waals surface area (Å²) in [5, 5.41) is 9.50. The summed E-state index contributed by atoms with van der Waals surface area (Å²) in [6.45, 7) is 0. The van der Waals surface area contributed by atoms with Gasteiger partial charge in [-0.1, -0.05) is 5.21 Å². The van der Waals surface area contributed by atoms with Crippen molar-refractivity contribution >= 4 is 37.3 Å². The highest BCUT2D eigenvalue weighted by molar-refractivity contribution is 9.10. The van der Waals surface area contributed by atoms with Gasteiger partial charge >= 0.3 is 0 Å². The highest BCUT2D eigenvalue weighted by Crippen LogP contribution is 2.34. The molecule has 0 saturated heterocycles. The van der Waals surface area contributed by atoms with Gasteiger partial charge in [-0.15, -0.1) is 16.4 Å². The van der Waals surface area contributed by atoms with Crippen LogP contribution in [-0.4, -0.2) is 23.4 Å². The fourth-order valence-corrected chi connectivity index (χ4v) is 5.79. The third-order valence-corrected chi connectivity index (χ3v) is 6.70. The first kappa shape index (κ1) is 14.2. The Morgan fingerprint density at radius 3 is 3.05 bits per heavy atom. The largest absolute Gasteiger partial charge is 0.261 e. The van der Waals surface area contributed by atoms with E-state index in [1.165, 1.54) is 9.56 Å². The second-order valence-electron chi connectivity index (χ2n) is 4.67. The van der Waals surface area contributed by atoms with Crippen molar-refractivity contribution < 1.29 is 8.42 Å². The molecule has 0 spiro atoms. The molecule has 0 bridgehead atoms. The van der Waals surface area contributed by atoms with E-state index in [9.17, 15) is 8.42 Å². The standard InChI is InChI=1S/C11H13BrN4O2S2/c1-16-11(10(12)13-15-16)20(17,18)14-8-3-2-4-9-7(8)5-6-19-9/h5-6,8,14H,2-4H2,1H3. The average Bonchev–Trinajstić information content (AvgIpc) is 2.96. The monoisotopic (exact) mass is 376 g/mol. The van der Waals surface area contributed by atoms with Gasteiger partial charge in [-0.25, -0.2) is 17.8 Å². The molecule has 0 aliphatic heterocycles. The van der Waals surface area contributed by atoms with Crippen molar-refractivity contribution in [2.75, 3.05) is 0 Å². The van der Waals surface area contributed by atoms with Crippen molar-refractivity contribution in [2.45, 2.75) is 30.3 Å². The van der Waals surface area contributed by atoms with Gasteiger partial charge in [-0.3, -0.25) is 0 Å². The normalized spacial score (nSPS) is 19.0. The van der Waals surface area contributed by atoms with E-state index in [0.717, 1.165) is 24.8 Å². The number of aryl methyl sites for hydroxylation is 2. The molecule has 3 rings (SSSR count). The maximum Gasteiger partial charge on any atom is 0.261 e. The molecule has 2 heterocycles. The van der Waals surface area contributed by atoms with E-state index in [4.69, 9.17) is 0 Å². The molecule has 0 saturated carbocycles. The second-order valence-corrected chi connectivity index (χ2v) is 8.06. The van der Waals surface area contributed by atoms with Crippen LogP contribution in [0.5, 0.6) is 0 Å². The minimum Gasteiger partial charge on any atom is -0.235 e. The summed E-state index contributed by atoms with van der Waals surface area (Å²) >= 11 is 4.82. The molecule has 0 fully saturated rings. The van der Waals surface area contributed by atoms with E-state index in [1.54, 1.807) is 18.4 Å². The topological polar surface area (TPSA) is 76.9 Å². The summed E-state index contributed by atoms with van der Waals surface area (Å²) in [4.78, 5) is 1.27. The van der Waals surface area contributed by atoms with Crippen molar-refractivity contribution in [1.82, 2.24) is 19.7 Å². The Balaban J connectivity index is 1.93. The number of aromatic nitrogens is 3. The summed E-state index contributed by atoms with van der Waals surface area (Å²) in [6, 6.07) is 1.83. The van der Waals surface area contributed by atoms with Crippen molar-refractivity contribution in [3.05, 3.63) is 26.5 Å². The van der Waals surface area contributed by atoms with E-state index in [1.807, 2.05) is 11.4 Å². The summed E-state index contributed by atoms with van der Waals surface area (Å²) < 4.78 is 29.2. The Morgan fingerprint density at radius 2 is 2.35 bits per heavy atom. The predicted molar refractivity (Wildman–Crippen MR) is 79.0 cm³/mol. The van der Waals surface area contributed by atoms with Crippen LogP contribution in [0.15, 0.2) is 21.1 Å². The van der Waals surface area contributed by atoms with Gasteiger partial charge < -0.3 is 0 Å². The van der Waals surface area contributed by atoms with Crippen molar-refractivity contribution in [3.8, 4) is 0 Å². The number of fused-ring (bicyclic) bond motifs is 1. The fraction of sp³-hybridized carbons (Fsp3) is 0.455. The van der Waals surface area contributed by atoms with Crippen LogP contribution in [-0.2, 0) is 23.5 Å². The van der Waals surface area contributed by atoms with Crippen molar-refractivity contribution in [2.24, 2.45) is 7.05 Å². The van der Waals surface area contributed by atoms with E-state index in [2.05, 4.69) is 31.0 Å². The van der Waals surface area contributed by atoms with Crippen LogP contribution in [0.1, 0.15) is 29.3 Å². The number of sulfonamides is 1. The number of halogens is 1. The minimum absolute atomic E-state index is 0.0554. The van der Waals surface area contributed by atoms with Crippen LogP contribution in [0, 0.1) is 0 Å². The third-order valence-electron chi connectivity index (χ3n) is 3.34. The Kier molecular flexibility index (Phi) is 3.69. The molecule has 0 aromatic carbocycles. The first-order chi connectivity index (χ1) is 9.49. The smallest absolute Gasteiger partial charge is 0.235 e. The molecule has 1 N–H and O–H groups in total. The fourth-order valence-electron chi connectivity index (χ4n) is 2.46. The Labute approximate surface area is 129 Å². The lowest BCUT2D eigenvalue weighted by Gasteiger charge is -2.23. The Morgan fingerprint density at radius 1 is 1.55 bits per heavy atom. The second kappa shape index (κ2) is 5.21. The van der Waals surface area contributed by atoms with Crippen LogP contribution in [0.4, 0.5) is 0 Å². The molecule has 1 aliphatic carbocycles. The number of hydrogen-bond donors (Lipinski definition) is 1. The number of rotatable bonds is 3. The molecule has 1 unspecified atom stereocenters. The maximum absolute atomic E-state index is 12.5. The molecule has 2 aromatic heterocycles. The molecule has 1 aliphatic rings. The number of thiophene rings is 1. The lowest BCUT2D eigenvalue weighted by molar-refractivity contribution is 0.503. The van der Waals surface area contributed by atoms with E-state index >= 15 is 0 Å². The van der Waals surface area contributed by atoms with Gasteiger partial charge in [0.05, 0.1) is 0 Å². The predicted octanol–water partition coefficient (Wildman–Crippen LogP) is 1.99. The summed E-state index contributed by atoms with van der Waals surface area (Å²) in [6.07, 6.45) is 2.83. The lowest BCUT2D eigenvalue weighted by atomic mass is 9.95. The first-order valence-electron chi connectivity index (χ1n) is 6.13.